The van der Waals surface area contributed by atoms with Gasteiger partial charge in [-0.3, -0.25) is 9.59 Å². The summed E-state index contributed by atoms with van der Waals surface area (Å²) in [6.07, 6.45) is 0. The van der Waals surface area contributed by atoms with Crippen molar-refractivity contribution < 1.29 is 24.6 Å². The second kappa shape index (κ2) is 10.0. The van der Waals surface area contributed by atoms with Gasteiger partial charge in [0.2, 0.25) is 5.91 Å². The van der Waals surface area contributed by atoms with Crippen LogP contribution in [0.3, 0.4) is 0 Å². The number of hydrogen-bond donors (Lipinski definition) is 4. The van der Waals surface area contributed by atoms with Gasteiger partial charge in [-0.2, -0.15) is 0 Å². The van der Waals surface area contributed by atoms with Gasteiger partial charge in [-0.05, 0) is 62.4 Å². The van der Waals surface area contributed by atoms with Crippen LogP contribution >= 0.6 is 11.8 Å². The van der Waals surface area contributed by atoms with E-state index in [0.717, 1.165) is 10.5 Å². The molecule has 0 radical (unpaired) electrons. The molecule has 7 nitrogen and oxygen atoms in total. The number of aromatic carboxylic acids is 1. The lowest BCUT2D eigenvalue weighted by atomic mass is 10.1. The first-order valence-corrected chi connectivity index (χ1v) is 10.6. The molecule has 164 valence electrons. The van der Waals surface area contributed by atoms with Crippen LogP contribution < -0.4 is 10.6 Å². The summed E-state index contributed by atoms with van der Waals surface area (Å²) in [5.74, 6) is -2.21. The van der Waals surface area contributed by atoms with Gasteiger partial charge in [-0.1, -0.05) is 23.8 Å². The van der Waals surface area contributed by atoms with Crippen LogP contribution in [0.1, 0.15) is 33.2 Å². The van der Waals surface area contributed by atoms with Crippen LogP contribution in [0.25, 0.3) is 0 Å². The van der Waals surface area contributed by atoms with Crippen LogP contribution in [-0.4, -0.2) is 33.2 Å². The number of hydrogen-bond acceptors (Lipinski definition) is 5. The third kappa shape index (κ3) is 5.89. The van der Waals surface area contributed by atoms with E-state index in [1.54, 1.807) is 37.3 Å². The Bertz CT molecular complexity index is 1180. The molecule has 0 aliphatic carbocycles. The largest absolute Gasteiger partial charge is 0.507 e. The SMILES string of the molecule is Cc1cccc(C(=O)Nc2cccc(SC(C)C(=O)Nc3ccc(O)c(C(=O)O)c3)c2)c1. The number of carbonyl (C=O) groups is 3. The van der Waals surface area contributed by atoms with Gasteiger partial charge in [-0.25, -0.2) is 4.79 Å². The van der Waals surface area contributed by atoms with E-state index >= 15 is 0 Å². The molecule has 0 heterocycles. The van der Waals surface area contributed by atoms with Crippen LogP contribution in [0.15, 0.2) is 71.6 Å². The summed E-state index contributed by atoms with van der Waals surface area (Å²) in [4.78, 5) is 36.9. The predicted octanol–water partition coefficient (Wildman–Crippen LogP) is 4.77. The van der Waals surface area contributed by atoms with E-state index in [4.69, 9.17) is 5.11 Å². The Morgan fingerprint density at radius 3 is 2.34 bits per heavy atom. The summed E-state index contributed by atoms with van der Waals surface area (Å²) < 4.78 is 0. The van der Waals surface area contributed by atoms with Crippen molar-refractivity contribution in [2.45, 2.75) is 24.0 Å². The van der Waals surface area contributed by atoms with Gasteiger partial charge in [-0.15, -0.1) is 11.8 Å². The lowest BCUT2D eigenvalue weighted by Crippen LogP contribution is -2.22. The van der Waals surface area contributed by atoms with Gasteiger partial charge in [0.25, 0.3) is 5.91 Å². The van der Waals surface area contributed by atoms with Crippen LogP contribution in [0.5, 0.6) is 5.75 Å². The third-order valence-electron chi connectivity index (χ3n) is 4.55. The van der Waals surface area contributed by atoms with Gasteiger partial charge in [0.15, 0.2) is 0 Å². The number of rotatable bonds is 7. The van der Waals surface area contributed by atoms with E-state index in [2.05, 4.69) is 10.6 Å². The van der Waals surface area contributed by atoms with E-state index in [1.165, 1.54) is 30.0 Å². The minimum Gasteiger partial charge on any atom is -0.507 e. The summed E-state index contributed by atoms with van der Waals surface area (Å²) in [6, 6.07) is 18.3. The Morgan fingerprint density at radius 2 is 1.62 bits per heavy atom. The van der Waals surface area contributed by atoms with Crippen molar-refractivity contribution in [3.05, 3.63) is 83.4 Å². The van der Waals surface area contributed by atoms with Gasteiger partial charge in [0.1, 0.15) is 11.3 Å². The zero-order valence-electron chi connectivity index (χ0n) is 17.5. The fourth-order valence-electron chi connectivity index (χ4n) is 2.92. The number of carbonyl (C=O) groups excluding carboxylic acids is 2. The Hall–Kier alpha value is -3.78. The van der Waals surface area contributed by atoms with Crippen LogP contribution in [0, 0.1) is 6.92 Å². The number of nitrogens with one attached hydrogen (secondary N) is 2. The maximum absolute atomic E-state index is 12.6. The summed E-state index contributed by atoms with van der Waals surface area (Å²) in [6.45, 7) is 3.64. The molecule has 1 atom stereocenters. The second-order valence-electron chi connectivity index (χ2n) is 7.14. The minimum atomic E-state index is -1.29. The molecule has 3 aromatic carbocycles. The molecule has 4 N–H and O–H groups in total. The van der Waals surface area contributed by atoms with Crippen LogP contribution in [0.4, 0.5) is 11.4 Å². The van der Waals surface area contributed by atoms with E-state index < -0.39 is 11.2 Å². The molecule has 8 heteroatoms. The van der Waals surface area contributed by atoms with Crippen molar-refractivity contribution in [1.29, 1.82) is 0 Å². The Kier molecular flexibility index (Phi) is 7.17. The number of aromatic hydroxyl groups is 1. The fourth-order valence-corrected chi connectivity index (χ4v) is 3.85. The maximum atomic E-state index is 12.6. The maximum Gasteiger partial charge on any atom is 0.339 e. The van der Waals surface area contributed by atoms with Crippen molar-refractivity contribution in [3.8, 4) is 5.75 Å². The molecular weight excluding hydrogens is 428 g/mol. The van der Waals surface area contributed by atoms with Crippen LogP contribution in [-0.2, 0) is 4.79 Å². The number of carboxylic acids is 1. The number of anilines is 2. The molecule has 0 saturated carbocycles. The zero-order chi connectivity index (χ0) is 23.3. The molecule has 0 spiro atoms. The fraction of sp³-hybridized carbons (Fsp3) is 0.125. The molecule has 1 unspecified atom stereocenters. The van der Waals surface area contributed by atoms with E-state index in [9.17, 15) is 19.5 Å². The van der Waals surface area contributed by atoms with E-state index in [0.29, 0.717) is 11.3 Å². The zero-order valence-corrected chi connectivity index (χ0v) is 18.3. The minimum absolute atomic E-state index is 0.219. The van der Waals surface area contributed by atoms with Crippen LogP contribution in [0.2, 0.25) is 0 Å². The second-order valence-corrected chi connectivity index (χ2v) is 8.55. The van der Waals surface area contributed by atoms with E-state index in [-0.39, 0.29) is 28.8 Å². The van der Waals surface area contributed by atoms with Crippen molar-refractivity contribution in [2.75, 3.05) is 10.6 Å². The Labute approximate surface area is 189 Å². The van der Waals surface area contributed by atoms with Gasteiger partial charge >= 0.3 is 5.97 Å². The van der Waals surface area contributed by atoms with Gasteiger partial charge < -0.3 is 20.8 Å². The molecule has 2 amide bonds. The molecular formula is C24H22N2O5S. The van der Waals surface area contributed by atoms with Gasteiger partial charge in [0, 0.05) is 21.8 Å². The number of carboxylic acid groups (broad SMARTS) is 1. The number of phenols is 1. The number of amides is 2. The summed E-state index contributed by atoms with van der Waals surface area (Å²) in [7, 11) is 0. The highest BCUT2D eigenvalue weighted by molar-refractivity contribution is 8.00. The standard InChI is InChI=1S/C24H22N2O5S/c1-14-5-3-6-16(11-14)23(29)26-17-7-4-8-19(12-17)32-15(2)22(28)25-18-9-10-21(27)20(13-18)24(30)31/h3-13,15,27H,1-2H3,(H,25,28)(H,26,29)(H,30,31). The highest BCUT2D eigenvalue weighted by Crippen LogP contribution is 2.28. The van der Waals surface area contributed by atoms with E-state index in [1.807, 2.05) is 25.1 Å². The highest BCUT2D eigenvalue weighted by atomic mass is 32.2. The normalized spacial score (nSPS) is 11.4. The summed E-state index contributed by atoms with van der Waals surface area (Å²) >= 11 is 1.30. The van der Waals surface area contributed by atoms with Gasteiger partial charge in [0.05, 0.1) is 5.25 Å². The first-order chi connectivity index (χ1) is 15.2. The first kappa shape index (κ1) is 22.9. The summed E-state index contributed by atoms with van der Waals surface area (Å²) in [5.41, 5.74) is 2.15. The quantitative estimate of drug-likeness (QED) is 0.304. The lowest BCUT2D eigenvalue weighted by molar-refractivity contribution is -0.115. The van der Waals surface area contributed by atoms with Crippen molar-refractivity contribution in [3.63, 3.8) is 0 Å². The molecule has 3 rings (SSSR count). The first-order valence-electron chi connectivity index (χ1n) is 9.75. The molecule has 0 aliphatic heterocycles. The summed E-state index contributed by atoms with van der Waals surface area (Å²) in [5, 5.41) is 23.7. The number of thioether (sulfide) groups is 1. The lowest BCUT2D eigenvalue weighted by Gasteiger charge is -2.14. The Balaban J connectivity index is 1.64. The average Bonchev–Trinajstić information content (AvgIpc) is 2.75. The van der Waals surface area contributed by atoms with Crippen molar-refractivity contribution in [2.24, 2.45) is 0 Å². The molecule has 0 aliphatic rings. The monoisotopic (exact) mass is 450 g/mol. The number of benzene rings is 3. The molecule has 0 aromatic heterocycles. The molecule has 32 heavy (non-hydrogen) atoms. The van der Waals surface area contributed by atoms with Crippen molar-refractivity contribution in [1.82, 2.24) is 0 Å². The molecule has 0 bridgehead atoms. The molecule has 0 fully saturated rings. The average molecular weight is 451 g/mol. The molecule has 3 aromatic rings. The Morgan fingerprint density at radius 1 is 0.906 bits per heavy atom. The topological polar surface area (TPSA) is 116 Å². The highest BCUT2D eigenvalue weighted by Gasteiger charge is 2.17. The smallest absolute Gasteiger partial charge is 0.339 e. The van der Waals surface area contributed by atoms with Crippen molar-refractivity contribution >= 4 is 40.9 Å². The third-order valence-corrected chi connectivity index (χ3v) is 5.64. The predicted molar refractivity (Wildman–Crippen MR) is 125 cm³/mol. The molecule has 0 saturated heterocycles. The number of aryl methyl sites for hydroxylation is 1.